The molecule has 4 heteroatoms. The van der Waals surface area contributed by atoms with Crippen molar-refractivity contribution in [2.24, 2.45) is 5.92 Å². The highest BCUT2D eigenvalue weighted by Crippen LogP contribution is 2.34. The maximum absolute atomic E-state index is 12.1. The van der Waals surface area contributed by atoms with E-state index in [0.717, 1.165) is 17.4 Å². The van der Waals surface area contributed by atoms with Crippen LogP contribution in [0.1, 0.15) is 24.9 Å². The summed E-state index contributed by atoms with van der Waals surface area (Å²) in [6.45, 7) is 3.13. The van der Waals surface area contributed by atoms with E-state index in [2.05, 4.69) is 46.5 Å². The molecule has 19 heavy (non-hydrogen) atoms. The van der Waals surface area contributed by atoms with Gasteiger partial charge in [-0.1, -0.05) is 52.9 Å². The minimum atomic E-state index is -0.0999. The standard InChI is InChI=1S/C15H20INO2/c1-11(12-6-4-3-5-7-12)17-9-8-13(10-16)14(17)15(18)19-2/h3-7,11,13-14H,8-10H2,1-2H3/t11-,13?,14?/m0/s1. The third kappa shape index (κ3) is 3.11. The summed E-state index contributed by atoms with van der Waals surface area (Å²) in [5.74, 6) is 0.307. The summed E-state index contributed by atoms with van der Waals surface area (Å²) in [4.78, 5) is 14.3. The van der Waals surface area contributed by atoms with E-state index in [1.807, 2.05) is 18.2 Å². The van der Waals surface area contributed by atoms with Crippen molar-refractivity contribution in [1.29, 1.82) is 0 Å². The van der Waals surface area contributed by atoms with Crippen molar-refractivity contribution in [3.8, 4) is 0 Å². The lowest BCUT2D eigenvalue weighted by molar-refractivity contribution is -0.147. The second-order valence-corrected chi connectivity index (χ2v) is 5.88. The SMILES string of the molecule is COC(=O)C1C(CI)CCN1[C@@H](C)c1ccccc1. The van der Waals surface area contributed by atoms with Gasteiger partial charge in [-0.25, -0.2) is 0 Å². The number of carbonyl (C=O) groups is 1. The Morgan fingerprint density at radius 2 is 2.16 bits per heavy atom. The normalized spacial score (nSPS) is 25.2. The van der Waals surface area contributed by atoms with Gasteiger partial charge in [0.15, 0.2) is 0 Å². The molecule has 1 aromatic rings. The quantitative estimate of drug-likeness (QED) is 0.462. The average Bonchev–Trinajstić information content (AvgIpc) is 2.90. The molecule has 1 aromatic carbocycles. The van der Waals surface area contributed by atoms with Crippen molar-refractivity contribution in [1.82, 2.24) is 4.90 Å². The molecule has 0 radical (unpaired) electrons. The van der Waals surface area contributed by atoms with E-state index < -0.39 is 0 Å². The molecule has 1 heterocycles. The van der Waals surface area contributed by atoms with Crippen LogP contribution in [0.4, 0.5) is 0 Å². The Bertz CT molecular complexity index is 423. The van der Waals surface area contributed by atoms with Gasteiger partial charge in [-0.05, 0) is 31.4 Å². The molecule has 0 N–H and O–H groups in total. The Hall–Kier alpha value is -0.620. The monoisotopic (exact) mass is 373 g/mol. The van der Waals surface area contributed by atoms with E-state index in [1.54, 1.807) is 0 Å². The molecule has 0 aromatic heterocycles. The fourth-order valence-corrected chi connectivity index (χ4v) is 3.77. The molecule has 0 saturated carbocycles. The number of alkyl halides is 1. The van der Waals surface area contributed by atoms with Gasteiger partial charge in [-0.2, -0.15) is 0 Å². The van der Waals surface area contributed by atoms with Gasteiger partial charge >= 0.3 is 5.97 Å². The third-order valence-corrected chi connectivity index (χ3v) is 5.11. The van der Waals surface area contributed by atoms with Crippen molar-refractivity contribution in [2.45, 2.75) is 25.4 Å². The number of rotatable bonds is 4. The van der Waals surface area contributed by atoms with E-state index in [4.69, 9.17) is 4.74 Å². The van der Waals surface area contributed by atoms with Crippen molar-refractivity contribution in [3.63, 3.8) is 0 Å². The van der Waals surface area contributed by atoms with Crippen LogP contribution in [0.15, 0.2) is 30.3 Å². The highest BCUT2D eigenvalue weighted by atomic mass is 127. The first-order valence-corrected chi connectivity index (χ1v) is 8.16. The number of nitrogens with zero attached hydrogens (tertiary/aromatic N) is 1. The predicted molar refractivity (Wildman–Crippen MR) is 84.4 cm³/mol. The summed E-state index contributed by atoms with van der Waals surface area (Å²) in [5.41, 5.74) is 1.26. The van der Waals surface area contributed by atoms with Crippen LogP contribution in [0.3, 0.4) is 0 Å². The zero-order chi connectivity index (χ0) is 13.8. The lowest BCUT2D eigenvalue weighted by Crippen LogP contribution is -2.42. The molecule has 2 unspecified atom stereocenters. The third-order valence-electron chi connectivity index (χ3n) is 3.98. The molecule has 0 amide bonds. The van der Waals surface area contributed by atoms with E-state index in [9.17, 15) is 4.79 Å². The van der Waals surface area contributed by atoms with Crippen LogP contribution in [-0.4, -0.2) is 35.0 Å². The molecule has 1 saturated heterocycles. The molecule has 0 bridgehead atoms. The van der Waals surface area contributed by atoms with Crippen molar-refractivity contribution < 1.29 is 9.53 Å². The highest BCUT2D eigenvalue weighted by Gasteiger charge is 2.41. The highest BCUT2D eigenvalue weighted by molar-refractivity contribution is 14.1. The molecular weight excluding hydrogens is 353 g/mol. The van der Waals surface area contributed by atoms with Crippen LogP contribution < -0.4 is 0 Å². The number of esters is 1. The maximum atomic E-state index is 12.1. The van der Waals surface area contributed by atoms with Crippen molar-refractivity contribution in [3.05, 3.63) is 35.9 Å². The largest absolute Gasteiger partial charge is 0.468 e. The number of benzene rings is 1. The number of methoxy groups -OCH3 is 1. The van der Waals surface area contributed by atoms with Gasteiger partial charge in [-0.3, -0.25) is 9.69 Å². The van der Waals surface area contributed by atoms with Crippen LogP contribution in [0.2, 0.25) is 0 Å². The molecule has 1 aliphatic heterocycles. The van der Waals surface area contributed by atoms with Gasteiger partial charge in [-0.15, -0.1) is 0 Å². The molecular formula is C15H20INO2. The van der Waals surface area contributed by atoms with Crippen LogP contribution in [-0.2, 0) is 9.53 Å². The lowest BCUT2D eigenvalue weighted by atomic mass is 10.0. The van der Waals surface area contributed by atoms with Gasteiger partial charge in [0.25, 0.3) is 0 Å². The summed E-state index contributed by atoms with van der Waals surface area (Å²) >= 11 is 2.37. The van der Waals surface area contributed by atoms with E-state index in [-0.39, 0.29) is 18.1 Å². The Morgan fingerprint density at radius 3 is 2.74 bits per heavy atom. The maximum Gasteiger partial charge on any atom is 0.323 e. The van der Waals surface area contributed by atoms with Gasteiger partial charge < -0.3 is 4.74 Å². The Kier molecular flexibility index (Phi) is 5.21. The number of ether oxygens (including phenoxy) is 1. The average molecular weight is 373 g/mol. The van der Waals surface area contributed by atoms with E-state index >= 15 is 0 Å². The Morgan fingerprint density at radius 1 is 1.47 bits per heavy atom. The molecule has 3 nitrogen and oxygen atoms in total. The second kappa shape index (κ2) is 6.70. The van der Waals surface area contributed by atoms with E-state index in [0.29, 0.717) is 5.92 Å². The molecule has 3 atom stereocenters. The van der Waals surface area contributed by atoms with Gasteiger partial charge in [0.05, 0.1) is 7.11 Å². The zero-order valence-electron chi connectivity index (χ0n) is 11.4. The van der Waals surface area contributed by atoms with E-state index in [1.165, 1.54) is 12.7 Å². The first-order chi connectivity index (χ1) is 9.19. The summed E-state index contributed by atoms with van der Waals surface area (Å²) in [7, 11) is 1.48. The topological polar surface area (TPSA) is 29.5 Å². The summed E-state index contributed by atoms with van der Waals surface area (Å²) in [6.07, 6.45) is 1.07. The van der Waals surface area contributed by atoms with Crippen LogP contribution in [0.25, 0.3) is 0 Å². The molecule has 1 fully saturated rings. The smallest absolute Gasteiger partial charge is 0.323 e. The van der Waals surface area contributed by atoms with Crippen molar-refractivity contribution in [2.75, 3.05) is 18.1 Å². The van der Waals surface area contributed by atoms with Crippen molar-refractivity contribution >= 4 is 28.6 Å². The zero-order valence-corrected chi connectivity index (χ0v) is 13.5. The van der Waals surface area contributed by atoms with Crippen LogP contribution in [0, 0.1) is 5.92 Å². The fraction of sp³-hybridized carbons (Fsp3) is 0.533. The summed E-state index contributed by atoms with van der Waals surface area (Å²) in [6, 6.07) is 10.5. The first-order valence-electron chi connectivity index (χ1n) is 6.63. The molecule has 1 aliphatic rings. The van der Waals surface area contributed by atoms with Crippen LogP contribution in [0.5, 0.6) is 0 Å². The second-order valence-electron chi connectivity index (χ2n) is 5.00. The fourth-order valence-electron chi connectivity index (χ4n) is 2.85. The number of likely N-dealkylation sites (tertiary alicyclic amines) is 1. The van der Waals surface area contributed by atoms with Gasteiger partial charge in [0.1, 0.15) is 6.04 Å². The minimum Gasteiger partial charge on any atom is -0.468 e. The Balaban J connectivity index is 2.20. The molecule has 104 valence electrons. The number of hydrogen-bond donors (Lipinski definition) is 0. The molecule has 0 spiro atoms. The van der Waals surface area contributed by atoms with Gasteiger partial charge in [0.2, 0.25) is 0 Å². The number of hydrogen-bond acceptors (Lipinski definition) is 3. The number of carbonyl (C=O) groups excluding carboxylic acids is 1. The predicted octanol–water partition coefficient (Wildman–Crippen LogP) is 3.05. The van der Waals surface area contributed by atoms with Gasteiger partial charge in [0, 0.05) is 10.5 Å². The number of halogens is 1. The molecule has 0 aliphatic carbocycles. The summed E-state index contributed by atoms with van der Waals surface area (Å²) in [5, 5.41) is 0. The van der Waals surface area contributed by atoms with Crippen LogP contribution >= 0.6 is 22.6 Å². The Labute approximate surface area is 128 Å². The molecule has 2 rings (SSSR count). The summed E-state index contributed by atoms with van der Waals surface area (Å²) < 4.78 is 5.99. The first kappa shape index (κ1) is 14.8. The minimum absolute atomic E-state index is 0.0954. The lowest BCUT2D eigenvalue weighted by Gasteiger charge is -2.31.